The second kappa shape index (κ2) is 8.87. The number of amides is 1. The minimum Gasteiger partial charge on any atom is -0.343 e. The van der Waals surface area contributed by atoms with E-state index in [1.807, 2.05) is 25.7 Å². The molecule has 0 saturated heterocycles. The fourth-order valence-corrected chi connectivity index (χ4v) is 3.49. The van der Waals surface area contributed by atoms with Crippen molar-refractivity contribution in [2.75, 3.05) is 18.8 Å². The molecule has 0 aliphatic carbocycles. The van der Waals surface area contributed by atoms with E-state index in [4.69, 9.17) is 0 Å². The Morgan fingerprint density at radius 1 is 1.12 bits per heavy atom. The summed E-state index contributed by atoms with van der Waals surface area (Å²) < 4.78 is 2.07. The van der Waals surface area contributed by atoms with Gasteiger partial charge in [0.2, 0.25) is 5.91 Å². The Bertz CT molecular complexity index is 662. The number of benzene rings is 1. The highest BCUT2D eigenvalue weighted by Crippen LogP contribution is 2.23. The molecule has 5 nitrogen and oxygen atoms in total. The van der Waals surface area contributed by atoms with Crippen molar-refractivity contribution in [3.05, 3.63) is 35.7 Å². The SMILES string of the molecule is CCN(CC)C(=O)CCCSc1nnc(C)n1-c1ccc(C)cc1. The van der Waals surface area contributed by atoms with E-state index < -0.39 is 0 Å². The maximum atomic E-state index is 12.0. The third-order valence-electron chi connectivity index (χ3n) is 3.97. The fourth-order valence-electron chi connectivity index (χ4n) is 2.55. The van der Waals surface area contributed by atoms with Gasteiger partial charge in [0.15, 0.2) is 5.16 Å². The lowest BCUT2D eigenvalue weighted by Crippen LogP contribution is -2.30. The first kappa shape index (κ1) is 18.5. The smallest absolute Gasteiger partial charge is 0.222 e. The highest BCUT2D eigenvalue weighted by Gasteiger charge is 2.13. The Labute approximate surface area is 148 Å². The van der Waals surface area contributed by atoms with Gasteiger partial charge in [0, 0.05) is 31.0 Å². The van der Waals surface area contributed by atoms with Crippen molar-refractivity contribution in [3.63, 3.8) is 0 Å². The minimum atomic E-state index is 0.233. The number of hydrogen-bond donors (Lipinski definition) is 0. The predicted octanol–water partition coefficient (Wildman–Crippen LogP) is 3.62. The molecule has 1 aromatic heterocycles. The molecule has 0 bridgehead atoms. The summed E-state index contributed by atoms with van der Waals surface area (Å²) in [7, 11) is 0. The molecule has 2 aromatic rings. The first-order chi connectivity index (χ1) is 11.6. The fraction of sp³-hybridized carbons (Fsp3) is 0.500. The van der Waals surface area contributed by atoms with Crippen LogP contribution >= 0.6 is 11.8 Å². The third kappa shape index (κ3) is 4.60. The van der Waals surface area contributed by atoms with Crippen LogP contribution in [0.15, 0.2) is 29.4 Å². The molecule has 24 heavy (non-hydrogen) atoms. The standard InChI is InChI=1S/C18H26N4OS/c1-5-21(6-2)17(23)8-7-13-24-18-20-19-15(4)22(18)16-11-9-14(3)10-12-16/h9-12H,5-8,13H2,1-4H3. The van der Waals surface area contributed by atoms with Crippen LogP contribution in [0, 0.1) is 13.8 Å². The molecule has 130 valence electrons. The van der Waals surface area contributed by atoms with Crippen LogP contribution in [-0.4, -0.2) is 44.4 Å². The third-order valence-corrected chi connectivity index (χ3v) is 4.98. The topological polar surface area (TPSA) is 51.0 Å². The monoisotopic (exact) mass is 346 g/mol. The highest BCUT2D eigenvalue weighted by atomic mass is 32.2. The first-order valence-corrected chi connectivity index (χ1v) is 9.45. The van der Waals surface area contributed by atoms with Crippen molar-refractivity contribution in [2.45, 2.75) is 45.7 Å². The van der Waals surface area contributed by atoms with Crippen molar-refractivity contribution in [2.24, 2.45) is 0 Å². The molecule has 0 fully saturated rings. The Kier molecular flexibility index (Phi) is 6.85. The quantitative estimate of drug-likeness (QED) is 0.541. The summed E-state index contributed by atoms with van der Waals surface area (Å²) in [6.45, 7) is 9.63. The molecular weight excluding hydrogens is 320 g/mol. The molecule has 2 rings (SSSR count). The van der Waals surface area contributed by atoms with Crippen molar-refractivity contribution < 1.29 is 4.79 Å². The number of thioether (sulfide) groups is 1. The number of carbonyl (C=O) groups excluding carboxylic acids is 1. The van der Waals surface area contributed by atoms with Crippen LogP contribution in [0.5, 0.6) is 0 Å². The van der Waals surface area contributed by atoms with Gasteiger partial charge >= 0.3 is 0 Å². The second-order valence-electron chi connectivity index (χ2n) is 5.72. The lowest BCUT2D eigenvalue weighted by atomic mass is 10.2. The zero-order chi connectivity index (χ0) is 17.5. The van der Waals surface area contributed by atoms with E-state index in [-0.39, 0.29) is 5.91 Å². The average Bonchev–Trinajstić information content (AvgIpc) is 2.94. The van der Waals surface area contributed by atoms with Gasteiger partial charge in [0.1, 0.15) is 5.82 Å². The van der Waals surface area contributed by atoms with E-state index in [0.29, 0.717) is 6.42 Å². The second-order valence-corrected chi connectivity index (χ2v) is 6.78. The molecule has 0 aliphatic heterocycles. The molecular formula is C18H26N4OS. The van der Waals surface area contributed by atoms with Crippen LogP contribution in [-0.2, 0) is 4.79 Å². The molecule has 0 aliphatic rings. The Balaban J connectivity index is 1.94. The Morgan fingerprint density at radius 2 is 1.79 bits per heavy atom. The number of carbonyl (C=O) groups is 1. The number of nitrogens with zero attached hydrogens (tertiary/aromatic N) is 4. The molecule has 1 heterocycles. The van der Waals surface area contributed by atoms with Gasteiger partial charge in [0.05, 0.1) is 0 Å². The lowest BCUT2D eigenvalue weighted by Gasteiger charge is -2.18. The molecule has 6 heteroatoms. The van der Waals surface area contributed by atoms with Crippen LogP contribution in [0.1, 0.15) is 38.1 Å². The molecule has 0 atom stereocenters. The van der Waals surface area contributed by atoms with E-state index in [0.717, 1.165) is 41.9 Å². The number of aryl methyl sites for hydroxylation is 2. The van der Waals surface area contributed by atoms with Gasteiger partial charge in [-0.1, -0.05) is 29.5 Å². The molecule has 0 N–H and O–H groups in total. The van der Waals surface area contributed by atoms with E-state index in [9.17, 15) is 4.79 Å². The number of aromatic nitrogens is 3. The minimum absolute atomic E-state index is 0.233. The van der Waals surface area contributed by atoms with Crippen molar-refractivity contribution in [3.8, 4) is 5.69 Å². The van der Waals surface area contributed by atoms with Gasteiger partial charge < -0.3 is 4.90 Å². The van der Waals surface area contributed by atoms with E-state index in [1.165, 1.54) is 5.56 Å². The maximum Gasteiger partial charge on any atom is 0.222 e. The van der Waals surface area contributed by atoms with Gasteiger partial charge in [-0.3, -0.25) is 9.36 Å². The van der Waals surface area contributed by atoms with Gasteiger partial charge in [-0.25, -0.2) is 0 Å². The van der Waals surface area contributed by atoms with Crippen molar-refractivity contribution in [1.82, 2.24) is 19.7 Å². The number of rotatable bonds is 8. The Hall–Kier alpha value is -1.82. The van der Waals surface area contributed by atoms with E-state index >= 15 is 0 Å². The van der Waals surface area contributed by atoms with Crippen LogP contribution in [0.2, 0.25) is 0 Å². The predicted molar refractivity (Wildman–Crippen MR) is 98.7 cm³/mol. The summed E-state index contributed by atoms with van der Waals surface area (Å²) in [5.74, 6) is 1.97. The normalized spacial score (nSPS) is 10.8. The summed E-state index contributed by atoms with van der Waals surface area (Å²) in [5.41, 5.74) is 2.30. The summed E-state index contributed by atoms with van der Waals surface area (Å²) in [4.78, 5) is 13.9. The van der Waals surface area contributed by atoms with Crippen LogP contribution < -0.4 is 0 Å². The lowest BCUT2D eigenvalue weighted by molar-refractivity contribution is -0.130. The van der Waals surface area contributed by atoms with E-state index in [1.54, 1.807) is 11.8 Å². The highest BCUT2D eigenvalue weighted by molar-refractivity contribution is 7.99. The molecule has 0 radical (unpaired) electrons. The van der Waals surface area contributed by atoms with Gasteiger partial charge in [-0.05, 0) is 46.2 Å². The Morgan fingerprint density at radius 3 is 2.42 bits per heavy atom. The van der Waals surface area contributed by atoms with Crippen molar-refractivity contribution in [1.29, 1.82) is 0 Å². The summed E-state index contributed by atoms with van der Waals surface area (Å²) in [5, 5.41) is 9.36. The summed E-state index contributed by atoms with van der Waals surface area (Å²) in [6, 6.07) is 8.34. The van der Waals surface area contributed by atoms with E-state index in [2.05, 4.69) is 46.0 Å². The maximum absolute atomic E-state index is 12.0. The molecule has 1 aromatic carbocycles. The van der Waals surface area contributed by atoms with Crippen molar-refractivity contribution >= 4 is 17.7 Å². The molecule has 1 amide bonds. The first-order valence-electron chi connectivity index (χ1n) is 8.46. The molecule has 0 unspecified atom stereocenters. The van der Waals surface area contributed by atoms with Gasteiger partial charge in [-0.2, -0.15) is 0 Å². The summed E-state index contributed by atoms with van der Waals surface area (Å²) in [6.07, 6.45) is 1.44. The van der Waals surface area contributed by atoms with Crippen LogP contribution in [0.3, 0.4) is 0 Å². The molecule has 0 saturated carbocycles. The average molecular weight is 347 g/mol. The largest absolute Gasteiger partial charge is 0.343 e. The van der Waals surface area contributed by atoms with Gasteiger partial charge in [0.25, 0.3) is 0 Å². The zero-order valence-electron chi connectivity index (χ0n) is 15.0. The zero-order valence-corrected chi connectivity index (χ0v) is 15.8. The van der Waals surface area contributed by atoms with Crippen LogP contribution in [0.25, 0.3) is 5.69 Å². The van der Waals surface area contributed by atoms with Gasteiger partial charge in [-0.15, -0.1) is 10.2 Å². The van der Waals surface area contributed by atoms with Crippen LogP contribution in [0.4, 0.5) is 0 Å². The molecule has 0 spiro atoms. The summed E-state index contributed by atoms with van der Waals surface area (Å²) >= 11 is 1.65. The number of hydrogen-bond acceptors (Lipinski definition) is 4.